The number of amides is 1. The summed E-state index contributed by atoms with van der Waals surface area (Å²) in [7, 11) is 0. The van der Waals surface area contributed by atoms with Gasteiger partial charge in [-0.25, -0.2) is 4.79 Å². The minimum Gasteiger partial charge on any atom is -0.465 e. The van der Waals surface area contributed by atoms with Gasteiger partial charge in [0.2, 0.25) is 5.91 Å². The second-order valence-corrected chi connectivity index (χ2v) is 10.3. The van der Waals surface area contributed by atoms with Crippen LogP contribution in [0.15, 0.2) is 71.3 Å². The fourth-order valence-electron chi connectivity index (χ4n) is 4.07. The maximum atomic E-state index is 13.6. The first-order chi connectivity index (χ1) is 16.0. The van der Waals surface area contributed by atoms with Gasteiger partial charge in [-0.05, 0) is 11.1 Å². The maximum absolute atomic E-state index is 13.6. The molecule has 0 saturated carbocycles. The standard InChI is InChI=1S/C24H22N2O5S2/c25-18-21(27)26-19(17(13-32-22(18)26)33-16-11-12-30-23(16)28)24(29)31-20(14-7-3-1-4-8-14)15-9-5-2-6-10-15/h1-10,16,18,20,22H,11-13,25H2/t16?,18-,22+/m1/s1. The highest BCUT2D eigenvalue weighted by atomic mass is 32.2. The number of carbonyl (C=O) groups excluding carboxylic acids is 3. The van der Waals surface area contributed by atoms with Crippen molar-refractivity contribution in [3.63, 3.8) is 0 Å². The largest absolute Gasteiger partial charge is 0.465 e. The van der Waals surface area contributed by atoms with Crippen molar-refractivity contribution >= 4 is 41.4 Å². The van der Waals surface area contributed by atoms with Crippen LogP contribution in [0.25, 0.3) is 0 Å². The third kappa shape index (κ3) is 4.16. The maximum Gasteiger partial charge on any atom is 0.356 e. The third-order valence-corrected chi connectivity index (χ3v) is 8.59. The van der Waals surface area contributed by atoms with Crippen molar-refractivity contribution in [2.45, 2.75) is 29.2 Å². The van der Waals surface area contributed by atoms with Gasteiger partial charge in [-0.2, -0.15) is 0 Å². The van der Waals surface area contributed by atoms with Gasteiger partial charge in [-0.15, -0.1) is 23.5 Å². The first-order valence-electron chi connectivity index (χ1n) is 10.6. The van der Waals surface area contributed by atoms with E-state index in [9.17, 15) is 14.4 Å². The van der Waals surface area contributed by atoms with Crippen LogP contribution >= 0.6 is 23.5 Å². The zero-order valence-electron chi connectivity index (χ0n) is 17.6. The van der Waals surface area contributed by atoms with Gasteiger partial charge in [0.1, 0.15) is 22.4 Å². The molecule has 9 heteroatoms. The molecule has 5 rings (SSSR count). The molecule has 7 nitrogen and oxygen atoms in total. The van der Waals surface area contributed by atoms with Crippen molar-refractivity contribution in [2.24, 2.45) is 5.73 Å². The number of benzene rings is 2. The van der Waals surface area contributed by atoms with Crippen LogP contribution in [0.1, 0.15) is 23.7 Å². The smallest absolute Gasteiger partial charge is 0.356 e. The Morgan fingerprint density at radius 2 is 1.73 bits per heavy atom. The van der Waals surface area contributed by atoms with Crippen molar-refractivity contribution in [1.82, 2.24) is 4.90 Å². The summed E-state index contributed by atoms with van der Waals surface area (Å²) in [5.41, 5.74) is 7.81. The van der Waals surface area contributed by atoms with E-state index < -0.39 is 23.4 Å². The number of carbonyl (C=O) groups is 3. The number of hydrogen-bond acceptors (Lipinski definition) is 8. The predicted molar refractivity (Wildman–Crippen MR) is 126 cm³/mol. The lowest BCUT2D eigenvalue weighted by molar-refractivity contribution is -0.152. The predicted octanol–water partition coefficient (Wildman–Crippen LogP) is 2.82. The molecule has 33 heavy (non-hydrogen) atoms. The molecule has 170 valence electrons. The Bertz CT molecular complexity index is 1070. The van der Waals surface area contributed by atoms with Crippen LogP contribution in [-0.2, 0) is 23.9 Å². The van der Waals surface area contributed by atoms with Crippen LogP contribution in [0.3, 0.4) is 0 Å². The number of nitrogens with two attached hydrogens (primary N) is 1. The number of ether oxygens (including phenoxy) is 2. The molecule has 2 aromatic rings. The Morgan fingerprint density at radius 3 is 2.30 bits per heavy atom. The molecule has 1 unspecified atom stereocenters. The van der Waals surface area contributed by atoms with E-state index in [4.69, 9.17) is 15.2 Å². The molecule has 2 saturated heterocycles. The van der Waals surface area contributed by atoms with Gasteiger partial charge < -0.3 is 15.2 Å². The molecule has 2 N–H and O–H groups in total. The van der Waals surface area contributed by atoms with Crippen LogP contribution in [0, 0.1) is 0 Å². The molecule has 0 bridgehead atoms. The summed E-state index contributed by atoms with van der Waals surface area (Å²) in [6.45, 7) is 0.358. The molecule has 0 aromatic heterocycles. The number of β-lactam (4-membered cyclic amide) rings is 1. The van der Waals surface area contributed by atoms with Crippen LogP contribution in [0.5, 0.6) is 0 Å². The summed E-state index contributed by atoms with van der Waals surface area (Å²) in [5.74, 6) is -0.748. The second kappa shape index (κ2) is 9.24. The van der Waals surface area contributed by atoms with Crippen molar-refractivity contribution in [3.8, 4) is 0 Å². The van der Waals surface area contributed by atoms with Crippen molar-refractivity contribution in [3.05, 3.63) is 82.4 Å². The molecule has 0 aliphatic carbocycles. The minimum atomic E-state index is -0.653. The summed E-state index contributed by atoms with van der Waals surface area (Å²) >= 11 is 2.77. The summed E-state index contributed by atoms with van der Waals surface area (Å²) in [5, 5.41) is -0.712. The van der Waals surface area contributed by atoms with Gasteiger partial charge in [0.15, 0.2) is 6.10 Å². The van der Waals surface area contributed by atoms with Gasteiger partial charge in [0, 0.05) is 17.1 Å². The Balaban J connectivity index is 1.49. The Hall–Kier alpha value is -2.75. The third-order valence-electron chi connectivity index (χ3n) is 5.77. The molecular formula is C24H22N2O5S2. The van der Waals surface area contributed by atoms with Gasteiger partial charge in [-0.3, -0.25) is 14.5 Å². The number of cyclic esters (lactones) is 1. The quantitative estimate of drug-likeness (QED) is 0.496. The molecule has 3 aliphatic rings. The molecule has 0 radical (unpaired) electrons. The first kappa shape index (κ1) is 22.1. The fraction of sp³-hybridized carbons (Fsp3) is 0.292. The van der Waals surface area contributed by atoms with E-state index in [1.54, 1.807) is 0 Å². The summed E-state index contributed by atoms with van der Waals surface area (Å²) in [4.78, 5) is 40.4. The van der Waals surface area contributed by atoms with Gasteiger partial charge in [0.05, 0.1) is 6.61 Å². The van der Waals surface area contributed by atoms with E-state index >= 15 is 0 Å². The SMILES string of the molecule is N[C@@H]1C(=O)N2C(C(=O)OC(c3ccccc3)c3ccccc3)=C(SC3CCOC3=O)CS[C@@H]12. The zero-order valence-corrected chi connectivity index (χ0v) is 19.2. The zero-order chi connectivity index (χ0) is 22.9. The Kier molecular flexibility index (Phi) is 6.18. The first-order valence-corrected chi connectivity index (χ1v) is 12.5. The van der Waals surface area contributed by atoms with Crippen molar-refractivity contribution in [2.75, 3.05) is 12.4 Å². The number of fused-ring (bicyclic) bond motifs is 1. The summed E-state index contributed by atoms with van der Waals surface area (Å²) in [6.07, 6.45) is -0.0822. The summed E-state index contributed by atoms with van der Waals surface area (Å²) < 4.78 is 11.1. The molecule has 2 fully saturated rings. The lowest BCUT2D eigenvalue weighted by atomic mass is 10.0. The van der Waals surface area contributed by atoms with E-state index in [0.717, 1.165) is 11.1 Å². The average molecular weight is 483 g/mol. The number of hydrogen-bond donors (Lipinski definition) is 1. The van der Waals surface area contributed by atoms with Gasteiger partial charge in [-0.1, -0.05) is 60.7 Å². The normalized spacial score (nSPS) is 24.4. The monoisotopic (exact) mass is 482 g/mol. The molecule has 3 heterocycles. The molecular weight excluding hydrogens is 460 g/mol. The fourth-order valence-corrected chi connectivity index (χ4v) is 6.70. The van der Waals surface area contributed by atoms with Gasteiger partial charge in [0.25, 0.3) is 0 Å². The van der Waals surface area contributed by atoms with E-state index in [1.165, 1.54) is 28.4 Å². The minimum absolute atomic E-state index is 0.187. The van der Waals surface area contributed by atoms with Crippen LogP contribution < -0.4 is 5.73 Å². The van der Waals surface area contributed by atoms with E-state index in [-0.39, 0.29) is 22.9 Å². The van der Waals surface area contributed by atoms with E-state index in [1.807, 2.05) is 60.7 Å². The Labute approximate surface area is 199 Å². The average Bonchev–Trinajstić information content (AvgIpc) is 3.26. The van der Waals surface area contributed by atoms with Gasteiger partial charge >= 0.3 is 11.9 Å². The number of rotatable bonds is 6. The molecule has 3 aliphatic heterocycles. The molecule has 0 spiro atoms. The number of esters is 2. The van der Waals surface area contributed by atoms with E-state index in [0.29, 0.717) is 23.7 Å². The highest BCUT2D eigenvalue weighted by Gasteiger charge is 2.53. The highest BCUT2D eigenvalue weighted by Crippen LogP contribution is 2.45. The second-order valence-electron chi connectivity index (χ2n) is 7.88. The molecule has 3 atom stereocenters. The molecule has 1 amide bonds. The van der Waals surface area contributed by atoms with Crippen molar-refractivity contribution < 1.29 is 23.9 Å². The molecule has 2 aromatic carbocycles. The Morgan fingerprint density at radius 1 is 1.09 bits per heavy atom. The van der Waals surface area contributed by atoms with Crippen LogP contribution in [-0.4, -0.2) is 51.8 Å². The summed E-state index contributed by atoms with van der Waals surface area (Å²) in [6, 6.07) is 18.3. The number of thioether (sulfide) groups is 2. The highest BCUT2D eigenvalue weighted by molar-refractivity contribution is 8.07. The lowest BCUT2D eigenvalue weighted by Gasteiger charge is -2.48. The van der Waals surface area contributed by atoms with Crippen LogP contribution in [0.2, 0.25) is 0 Å². The van der Waals surface area contributed by atoms with Crippen molar-refractivity contribution in [1.29, 1.82) is 0 Å². The topological polar surface area (TPSA) is 98.9 Å². The van der Waals surface area contributed by atoms with Crippen LogP contribution in [0.4, 0.5) is 0 Å². The lowest BCUT2D eigenvalue weighted by Crippen LogP contribution is -2.68. The van der Waals surface area contributed by atoms with E-state index in [2.05, 4.69) is 0 Å². The number of nitrogens with zero attached hydrogens (tertiary/aromatic N) is 1.